The van der Waals surface area contributed by atoms with Crippen LogP contribution in [-0.2, 0) is 11.3 Å². The van der Waals surface area contributed by atoms with E-state index in [0.717, 1.165) is 30.7 Å². The molecule has 4 rings (SSSR count). The monoisotopic (exact) mass is 476 g/mol. The highest BCUT2D eigenvalue weighted by molar-refractivity contribution is 7.99. The predicted molar refractivity (Wildman–Crippen MR) is 135 cm³/mol. The second kappa shape index (κ2) is 11.2. The van der Waals surface area contributed by atoms with E-state index in [2.05, 4.69) is 44.5 Å². The number of aromatic nitrogens is 4. The van der Waals surface area contributed by atoms with Crippen molar-refractivity contribution in [3.8, 4) is 34.3 Å². The smallest absolute Gasteiger partial charge is 0.270 e. The molecule has 0 aliphatic rings. The Hall–Kier alpha value is -3.27. The first-order valence-corrected chi connectivity index (χ1v) is 11.9. The summed E-state index contributed by atoms with van der Waals surface area (Å²) in [5.74, 6) is 0.879. The Morgan fingerprint density at radius 2 is 1.74 bits per heavy atom. The second-order valence-electron chi connectivity index (χ2n) is 7.86. The van der Waals surface area contributed by atoms with Gasteiger partial charge in [0.15, 0.2) is 11.5 Å². The number of methoxy groups -OCH3 is 1. The minimum absolute atomic E-state index is 0.236. The van der Waals surface area contributed by atoms with Crippen LogP contribution in [0.5, 0.6) is 0 Å². The Balaban J connectivity index is 1.52. The van der Waals surface area contributed by atoms with E-state index in [9.17, 15) is 0 Å². The molecule has 2 aromatic carbocycles. The Morgan fingerprint density at radius 3 is 2.44 bits per heavy atom. The highest BCUT2D eigenvalue weighted by Gasteiger charge is 2.17. The molecule has 1 unspecified atom stereocenters. The number of ether oxygens (including phenoxy) is 1. The van der Waals surface area contributed by atoms with Crippen molar-refractivity contribution >= 4 is 17.6 Å². The number of hydrogen-bond acceptors (Lipinski definition) is 9. The Labute approximate surface area is 203 Å². The third kappa shape index (κ3) is 5.80. The van der Waals surface area contributed by atoms with Crippen molar-refractivity contribution in [1.29, 1.82) is 0 Å². The van der Waals surface area contributed by atoms with Crippen molar-refractivity contribution in [2.45, 2.75) is 30.0 Å². The third-order valence-electron chi connectivity index (χ3n) is 5.23. The maximum Gasteiger partial charge on any atom is 0.270 e. The van der Waals surface area contributed by atoms with Gasteiger partial charge >= 0.3 is 0 Å². The molecule has 2 heterocycles. The molecule has 0 radical (unpaired) electrons. The van der Waals surface area contributed by atoms with Crippen LogP contribution in [0, 0.1) is 0 Å². The van der Waals surface area contributed by atoms with Crippen LogP contribution >= 0.6 is 11.8 Å². The number of benzene rings is 2. The van der Waals surface area contributed by atoms with Crippen molar-refractivity contribution in [2.24, 2.45) is 0 Å². The van der Waals surface area contributed by atoms with E-state index in [4.69, 9.17) is 14.9 Å². The molecule has 0 spiro atoms. The minimum Gasteiger partial charge on any atom is -0.414 e. The highest BCUT2D eigenvalue weighted by Crippen LogP contribution is 2.30. The number of nitrogens with one attached hydrogen (secondary N) is 1. The van der Waals surface area contributed by atoms with E-state index in [-0.39, 0.29) is 11.7 Å². The Morgan fingerprint density at radius 1 is 1.03 bits per heavy atom. The van der Waals surface area contributed by atoms with Gasteiger partial charge in [0, 0.05) is 41.5 Å². The summed E-state index contributed by atoms with van der Waals surface area (Å²) >= 11 is 1.82. The SMILES string of the molecule is CNCc1ccc(-c2nnc(-c3nc(-c4ccc(SC(C)CCOC)cc4)cnc3N)o2)cc1. The fourth-order valence-corrected chi connectivity index (χ4v) is 4.35. The van der Waals surface area contributed by atoms with Gasteiger partial charge in [0.05, 0.1) is 11.9 Å². The molecule has 0 saturated carbocycles. The van der Waals surface area contributed by atoms with Gasteiger partial charge in [0.1, 0.15) is 0 Å². The predicted octanol–water partition coefficient (Wildman–Crippen LogP) is 4.68. The van der Waals surface area contributed by atoms with Gasteiger partial charge in [-0.05, 0) is 43.3 Å². The van der Waals surface area contributed by atoms with Gasteiger partial charge in [0.25, 0.3) is 5.89 Å². The number of rotatable bonds is 10. The second-order valence-corrected chi connectivity index (χ2v) is 9.37. The molecule has 0 saturated heterocycles. The molecule has 4 aromatic rings. The first-order valence-electron chi connectivity index (χ1n) is 11.0. The maximum atomic E-state index is 6.10. The summed E-state index contributed by atoms with van der Waals surface area (Å²) < 4.78 is 11.1. The van der Waals surface area contributed by atoms with Gasteiger partial charge < -0.3 is 20.2 Å². The molecule has 0 fully saturated rings. The average Bonchev–Trinajstić information content (AvgIpc) is 3.34. The first-order chi connectivity index (χ1) is 16.6. The number of nitrogens with two attached hydrogens (primary N) is 1. The highest BCUT2D eigenvalue weighted by atomic mass is 32.2. The molecule has 0 bridgehead atoms. The van der Waals surface area contributed by atoms with Gasteiger partial charge in [-0.2, -0.15) is 0 Å². The van der Waals surface area contributed by atoms with Crippen molar-refractivity contribution in [3.63, 3.8) is 0 Å². The van der Waals surface area contributed by atoms with Crippen molar-refractivity contribution < 1.29 is 9.15 Å². The summed E-state index contributed by atoms with van der Waals surface area (Å²) in [4.78, 5) is 10.2. The van der Waals surface area contributed by atoms with Crippen LogP contribution < -0.4 is 11.1 Å². The number of nitrogens with zero attached hydrogens (tertiary/aromatic N) is 4. The largest absolute Gasteiger partial charge is 0.414 e. The van der Waals surface area contributed by atoms with Crippen LogP contribution in [0.1, 0.15) is 18.9 Å². The van der Waals surface area contributed by atoms with Crippen molar-refractivity contribution in [2.75, 3.05) is 26.5 Å². The van der Waals surface area contributed by atoms with Gasteiger partial charge in [-0.3, -0.25) is 0 Å². The summed E-state index contributed by atoms with van der Waals surface area (Å²) in [5, 5.41) is 11.9. The molecular weight excluding hydrogens is 448 g/mol. The summed E-state index contributed by atoms with van der Waals surface area (Å²) in [5.41, 5.74) is 10.1. The van der Waals surface area contributed by atoms with Crippen molar-refractivity contribution in [1.82, 2.24) is 25.5 Å². The number of hydrogen-bond donors (Lipinski definition) is 2. The molecule has 1 atom stereocenters. The van der Waals surface area contributed by atoms with Crippen LogP contribution in [0.2, 0.25) is 0 Å². The lowest BCUT2D eigenvalue weighted by Gasteiger charge is -2.11. The van der Waals surface area contributed by atoms with Crippen LogP contribution in [0.25, 0.3) is 34.3 Å². The lowest BCUT2D eigenvalue weighted by atomic mass is 10.1. The zero-order chi connectivity index (χ0) is 23.9. The molecule has 0 aliphatic heterocycles. The molecule has 8 nitrogen and oxygen atoms in total. The minimum atomic E-state index is 0.236. The fourth-order valence-electron chi connectivity index (χ4n) is 3.38. The zero-order valence-electron chi connectivity index (χ0n) is 19.5. The van der Waals surface area contributed by atoms with E-state index in [1.807, 2.05) is 55.2 Å². The molecule has 0 amide bonds. The molecule has 176 valence electrons. The summed E-state index contributed by atoms with van der Waals surface area (Å²) in [6.45, 7) is 3.75. The number of anilines is 1. The number of thioether (sulfide) groups is 1. The van der Waals surface area contributed by atoms with Crippen LogP contribution in [0.4, 0.5) is 5.82 Å². The first kappa shape index (κ1) is 23.9. The average molecular weight is 477 g/mol. The van der Waals surface area contributed by atoms with Gasteiger partial charge in [-0.15, -0.1) is 22.0 Å². The normalized spacial score (nSPS) is 12.1. The molecule has 34 heavy (non-hydrogen) atoms. The lowest BCUT2D eigenvalue weighted by Crippen LogP contribution is -2.04. The zero-order valence-corrected chi connectivity index (χ0v) is 20.3. The summed E-state index contributed by atoms with van der Waals surface area (Å²) in [6, 6.07) is 16.2. The van der Waals surface area contributed by atoms with E-state index < -0.39 is 0 Å². The topological polar surface area (TPSA) is 112 Å². The van der Waals surface area contributed by atoms with Gasteiger partial charge in [-0.25, -0.2) is 9.97 Å². The summed E-state index contributed by atoms with van der Waals surface area (Å²) in [6.07, 6.45) is 2.65. The molecular formula is C25H28N6O2S. The van der Waals surface area contributed by atoms with E-state index in [0.29, 0.717) is 22.5 Å². The number of nitrogen functional groups attached to an aromatic ring is 1. The van der Waals surface area contributed by atoms with E-state index in [1.54, 1.807) is 13.3 Å². The third-order valence-corrected chi connectivity index (χ3v) is 6.41. The quantitative estimate of drug-likeness (QED) is 0.315. The van der Waals surface area contributed by atoms with E-state index in [1.165, 1.54) is 10.5 Å². The standard InChI is InChI=1S/C25H28N6O2S/c1-16(12-13-32-3)34-20-10-8-18(9-11-20)21-15-28-23(26)22(29-21)25-31-30-24(33-25)19-6-4-17(5-7-19)14-27-2/h4-11,15-16,27H,12-14H2,1-3H3,(H2,26,28). The molecule has 0 aliphatic carbocycles. The lowest BCUT2D eigenvalue weighted by molar-refractivity contribution is 0.195. The van der Waals surface area contributed by atoms with Crippen LogP contribution in [-0.4, -0.2) is 46.2 Å². The van der Waals surface area contributed by atoms with Crippen molar-refractivity contribution in [3.05, 3.63) is 60.3 Å². The van der Waals surface area contributed by atoms with E-state index >= 15 is 0 Å². The molecule has 3 N–H and O–H groups in total. The summed E-state index contributed by atoms with van der Waals surface area (Å²) in [7, 11) is 3.64. The maximum absolute atomic E-state index is 6.10. The van der Waals surface area contributed by atoms with Crippen LogP contribution in [0.15, 0.2) is 64.0 Å². The van der Waals surface area contributed by atoms with Gasteiger partial charge in [-0.1, -0.05) is 31.2 Å². The molecule has 9 heteroatoms. The Kier molecular flexibility index (Phi) is 7.89. The Bertz CT molecular complexity index is 1210. The fraction of sp³-hybridized carbons (Fsp3) is 0.280. The molecule has 2 aromatic heterocycles. The van der Waals surface area contributed by atoms with Crippen LogP contribution in [0.3, 0.4) is 0 Å². The van der Waals surface area contributed by atoms with Gasteiger partial charge in [0.2, 0.25) is 5.89 Å².